The number of ether oxygens (including phenoxy) is 1. The Morgan fingerprint density at radius 3 is 2.44 bits per heavy atom. The SMILES string of the molecule is Cc1cc(O)cc(C)c1[C@@H]1NC(=O)OCC1(C)C. The fraction of sp³-hybridized carbons (Fsp3) is 0.500. The molecule has 2 rings (SSSR count). The molecule has 0 saturated carbocycles. The number of carbonyl (C=O) groups excluding carboxylic acids is 1. The lowest BCUT2D eigenvalue weighted by molar-refractivity contribution is 0.0384. The standard InChI is InChI=1S/C14H19NO3/c1-8-5-10(16)6-9(2)11(8)12-14(3,4)7-18-13(17)15-12/h5-6,12,16H,7H2,1-4H3,(H,15,17)/t12-/m0/s1. The molecule has 4 heteroatoms. The molecule has 18 heavy (non-hydrogen) atoms. The summed E-state index contributed by atoms with van der Waals surface area (Å²) in [4.78, 5) is 11.4. The second-order valence-electron chi connectivity index (χ2n) is 5.64. The van der Waals surface area contributed by atoms with E-state index in [-0.39, 0.29) is 23.3 Å². The average molecular weight is 249 g/mol. The average Bonchev–Trinajstić information content (AvgIpc) is 2.22. The summed E-state index contributed by atoms with van der Waals surface area (Å²) in [6.07, 6.45) is -0.383. The number of hydrogen-bond donors (Lipinski definition) is 2. The Morgan fingerprint density at radius 1 is 1.33 bits per heavy atom. The molecule has 1 saturated heterocycles. The zero-order valence-corrected chi connectivity index (χ0v) is 11.2. The van der Waals surface area contributed by atoms with Crippen LogP contribution in [0.4, 0.5) is 4.79 Å². The quantitative estimate of drug-likeness (QED) is 0.804. The zero-order valence-electron chi connectivity index (χ0n) is 11.2. The molecule has 1 heterocycles. The van der Waals surface area contributed by atoms with E-state index in [1.807, 2.05) is 13.8 Å². The minimum absolute atomic E-state index is 0.0978. The van der Waals surface area contributed by atoms with Gasteiger partial charge in [-0.15, -0.1) is 0 Å². The first-order valence-electron chi connectivity index (χ1n) is 6.04. The summed E-state index contributed by atoms with van der Waals surface area (Å²) in [5.41, 5.74) is 2.84. The maximum Gasteiger partial charge on any atom is 0.407 e. The molecule has 0 spiro atoms. The van der Waals surface area contributed by atoms with E-state index >= 15 is 0 Å². The number of rotatable bonds is 1. The number of phenols is 1. The summed E-state index contributed by atoms with van der Waals surface area (Å²) in [6.45, 7) is 8.40. The molecular weight excluding hydrogens is 230 g/mol. The smallest absolute Gasteiger partial charge is 0.407 e. The fourth-order valence-corrected chi connectivity index (χ4v) is 2.56. The highest BCUT2D eigenvalue weighted by molar-refractivity contribution is 5.69. The van der Waals surface area contributed by atoms with Gasteiger partial charge in [-0.25, -0.2) is 4.79 Å². The summed E-state index contributed by atoms with van der Waals surface area (Å²) >= 11 is 0. The van der Waals surface area contributed by atoms with Crippen molar-refractivity contribution < 1.29 is 14.6 Å². The molecule has 1 fully saturated rings. The number of amides is 1. The van der Waals surface area contributed by atoms with Gasteiger partial charge in [0.15, 0.2) is 0 Å². The Bertz CT molecular complexity index is 471. The maximum atomic E-state index is 11.4. The van der Waals surface area contributed by atoms with Gasteiger partial charge in [0.05, 0.1) is 6.04 Å². The maximum absolute atomic E-state index is 11.4. The van der Waals surface area contributed by atoms with Gasteiger partial charge in [0.1, 0.15) is 12.4 Å². The van der Waals surface area contributed by atoms with Gasteiger partial charge < -0.3 is 15.2 Å². The highest BCUT2D eigenvalue weighted by atomic mass is 16.6. The van der Waals surface area contributed by atoms with Crippen molar-refractivity contribution in [1.29, 1.82) is 0 Å². The van der Waals surface area contributed by atoms with Gasteiger partial charge in [-0.2, -0.15) is 0 Å². The van der Waals surface area contributed by atoms with Crippen LogP contribution in [0.1, 0.15) is 36.6 Å². The molecule has 1 amide bonds. The van der Waals surface area contributed by atoms with Crippen molar-refractivity contribution in [2.24, 2.45) is 5.41 Å². The minimum atomic E-state index is -0.383. The Hall–Kier alpha value is -1.71. The lowest BCUT2D eigenvalue weighted by Gasteiger charge is -2.39. The van der Waals surface area contributed by atoms with E-state index in [1.54, 1.807) is 12.1 Å². The van der Waals surface area contributed by atoms with Crippen molar-refractivity contribution in [2.75, 3.05) is 6.61 Å². The van der Waals surface area contributed by atoms with Crippen molar-refractivity contribution in [3.8, 4) is 5.75 Å². The lowest BCUT2D eigenvalue weighted by atomic mass is 9.77. The third-order valence-corrected chi connectivity index (χ3v) is 3.49. The Morgan fingerprint density at radius 2 is 1.89 bits per heavy atom. The van der Waals surface area contributed by atoms with Gasteiger partial charge in [0, 0.05) is 5.41 Å². The van der Waals surface area contributed by atoms with Crippen molar-refractivity contribution in [3.63, 3.8) is 0 Å². The predicted molar refractivity (Wildman–Crippen MR) is 68.6 cm³/mol. The van der Waals surface area contributed by atoms with Crippen molar-refractivity contribution >= 4 is 6.09 Å². The molecule has 1 aromatic carbocycles. The summed E-state index contributed by atoms with van der Waals surface area (Å²) in [7, 11) is 0. The van der Waals surface area contributed by atoms with E-state index in [9.17, 15) is 9.90 Å². The zero-order chi connectivity index (χ0) is 13.5. The molecule has 0 aromatic heterocycles. The first-order chi connectivity index (χ1) is 8.31. The molecule has 1 aliphatic rings. The van der Waals surface area contributed by atoms with Gasteiger partial charge in [-0.3, -0.25) is 0 Å². The van der Waals surface area contributed by atoms with Crippen molar-refractivity contribution in [1.82, 2.24) is 5.32 Å². The van der Waals surface area contributed by atoms with Gasteiger partial charge in [-0.1, -0.05) is 13.8 Å². The van der Waals surface area contributed by atoms with E-state index in [4.69, 9.17) is 4.74 Å². The number of aromatic hydroxyl groups is 1. The summed E-state index contributed by atoms with van der Waals surface area (Å²) in [5.74, 6) is 0.255. The lowest BCUT2D eigenvalue weighted by Crippen LogP contribution is -2.47. The van der Waals surface area contributed by atoms with Crippen LogP contribution in [0.15, 0.2) is 12.1 Å². The largest absolute Gasteiger partial charge is 0.508 e. The molecule has 0 aliphatic carbocycles. The second kappa shape index (κ2) is 4.19. The third kappa shape index (κ3) is 2.15. The molecule has 0 bridgehead atoms. The molecule has 4 nitrogen and oxygen atoms in total. The molecule has 0 unspecified atom stereocenters. The van der Waals surface area contributed by atoms with Crippen molar-refractivity contribution in [3.05, 3.63) is 28.8 Å². The van der Waals surface area contributed by atoms with Gasteiger partial charge >= 0.3 is 6.09 Å². The molecule has 1 aromatic rings. The Kier molecular flexibility index (Phi) is 2.97. The first-order valence-corrected chi connectivity index (χ1v) is 6.04. The van der Waals surface area contributed by atoms with Crippen LogP contribution in [0, 0.1) is 19.3 Å². The van der Waals surface area contributed by atoms with Crippen LogP contribution < -0.4 is 5.32 Å². The second-order valence-corrected chi connectivity index (χ2v) is 5.64. The molecule has 1 aliphatic heterocycles. The fourth-order valence-electron chi connectivity index (χ4n) is 2.56. The number of aryl methyl sites for hydroxylation is 2. The van der Waals surface area contributed by atoms with Crippen molar-refractivity contribution in [2.45, 2.75) is 33.7 Å². The number of hydrogen-bond acceptors (Lipinski definition) is 3. The van der Waals surface area contributed by atoms with Crippen LogP contribution in [0.5, 0.6) is 5.75 Å². The Balaban J connectivity index is 2.49. The van der Waals surface area contributed by atoms with Crippen LogP contribution in [-0.2, 0) is 4.74 Å². The predicted octanol–water partition coefficient (Wildman–Crippen LogP) is 2.82. The highest BCUT2D eigenvalue weighted by Gasteiger charge is 2.39. The van der Waals surface area contributed by atoms with Gasteiger partial charge in [0.2, 0.25) is 0 Å². The normalized spacial score (nSPS) is 22.2. The summed E-state index contributed by atoms with van der Waals surface area (Å²) in [6, 6.07) is 3.35. The third-order valence-electron chi connectivity index (χ3n) is 3.49. The van der Waals surface area contributed by atoms with E-state index < -0.39 is 0 Å². The van der Waals surface area contributed by atoms with Crippen LogP contribution in [-0.4, -0.2) is 17.8 Å². The molecule has 98 valence electrons. The van der Waals surface area contributed by atoms with Gasteiger partial charge in [-0.05, 0) is 42.7 Å². The number of phenolic OH excluding ortho intramolecular Hbond substituents is 1. The van der Waals surface area contributed by atoms with E-state index in [0.717, 1.165) is 16.7 Å². The Labute approximate surface area is 107 Å². The number of alkyl carbamates (subject to hydrolysis) is 1. The molecule has 0 radical (unpaired) electrons. The van der Waals surface area contributed by atoms with E-state index in [2.05, 4.69) is 19.2 Å². The van der Waals surface area contributed by atoms with Gasteiger partial charge in [0.25, 0.3) is 0 Å². The summed E-state index contributed by atoms with van der Waals surface area (Å²) < 4.78 is 5.05. The topological polar surface area (TPSA) is 58.6 Å². The minimum Gasteiger partial charge on any atom is -0.508 e. The molecule has 1 atom stereocenters. The summed E-state index contributed by atoms with van der Waals surface area (Å²) in [5, 5.41) is 12.5. The first kappa shape index (κ1) is 12.7. The molecule has 2 N–H and O–H groups in total. The monoisotopic (exact) mass is 249 g/mol. The van der Waals surface area contributed by atoms with E-state index in [0.29, 0.717) is 6.61 Å². The highest BCUT2D eigenvalue weighted by Crippen LogP contribution is 2.40. The number of nitrogens with one attached hydrogen (secondary N) is 1. The van der Waals surface area contributed by atoms with Crippen LogP contribution >= 0.6 is 0 Å². The number of carbonyl (C=O) groups is 1. The van der Waals surface area contributed by atoms with Crippen LogP contribution in [0.3, 0.4) is 0 Å². The van der Waals surface area contributed by atoms with Crippen LogP contribution in [0.2, 0.25) is 0 Å². The van der Waals surface area contributed by atoms with E-state index in [1.165, 1.54) is 0 Å². The van der Waals surface area contributed by atoms with Crippen LogP contribution in [0.25, 0.3) is 0 Å². The number of cyclic esters (lactones) is 1. The number of benzene rings is 1. The molecular formula is C14H19NO3.